The molecule has 1 aromatic heterocycles. The van der Waals surface area contributed by atoms with Crippen LogP contribution in [0.3, 0.4) is 0 Å². The highest BCUT2D eigenvalue weighted by molar-refractivity contribution is 9.10. The molecule has 0 aliphatic heterocycles. The fourth-order valence-electron chi connectivity index (χ4n) is 2.23. The monoisotopic (exact) mass is 420 g/mol. The molecule has 0 aliphatic rings. The molecule has 0 saturated heterocycles. The molecule has 0 bridgehead atoms. The first kappa shape index (κ1) is 17.6. The van der Waals surface area contributed by atoms with Crippen LogP contribution in [0, 0.1) is 12.7 Å². The number of benzene rings is 2. The van der Waals surface area contributed by atoms with Gasteiger partial charge in [-0.05, 0) is 49.4 Å². The van der Waals surface area contributed by atoms with Crippen molar-refractivity contribution < 1.29 is 13.9 Å². The standard InChI is InChI=1S/C18H14BrFN2O2S/c1-10-16(17(23)22-15-8-5-12(19)9-14(15)20)25-18(21-10)11-3-6-13(24-2)7-4-11/h3-9H,1-2H3,(H,22,23). The molecule has 0 aliphatic carbocycles. The minimum absolute atomic E-state index is 0.131. The van der Waals surface area contributed by atoms with E-state index in [-0.39, 0.29) is 11.6 Å². The zero-order valence-corrected chi connectivity index (χ0v) is 15.9. The number of methoxy groups -OCH3 is 1. The van der Waals surface area contributed by atoms with Crippen molar-refractivity contribution in [2.45, 2.75) is 6.92 Å². The number of hydrogen-bond donors (Lipinski definition) is 1. The molecule has 0 unspecified atom stereocenters. The summed E-state index contributed by atoms with van der Waals surface area (Å²) >= 11 is 4.46. The summed E-state index contributed by atoms with van der Waals surface area (Å²) in [6, 6.07) is 11.9. The number of nitrogens with one attached hydrogen (secondary N) is 1. The van der Waals surface area contributed by atoms with Crippen molar-refractivity contribution in [2.24, 2.45) is 0 Å². The maximum absolute atomic E-state index is 13.9. The van der Waals surface area contributed by atoms with Crippen LogP contribution in [0.15, 0.2) is 46.9 Å². The normalized spacial score (nSPS) is 10.6. The van der Waals surface area contributed by atoms with E-state index in [9.17, 15) is 9.18 Å². The summed E-state index contributed by atoms with van der Waals surface area (Å²) in [5, 5.41) is 3.32. The zero-order chi connectivity index (χ0) is 18.0. The van der Waals surface area contributed by atoms with Gasteiger partial charge < -0.3 is 10.1 Å². The van der Waals surface area contributed by atoms with Gasteiger partial charge in [0.05, 0.1) is 18.5 Å². The third-order valence-electron chi connectivity index (χ3n) is 3.52. The summed E-state index contributed by atoms with van der Waals surface area (Å²) in [5.41, 5.74) is 1.63. The van der Waals surface area contributed by atoms with Gasteiger partial charge in [-0.15, -0.1) is 11.3 Å². The lowest BCUT2D eigenvalue weighted by Gasteiger charge is -2.05. The first-order valence-electron chi connectivity index (χ1n) is 7.36. The van der Waals surface area contributed by atoms with E-state index in [0.717, 1.165) is 16.3 Å². The van der Waals surface area contributed by atoms with Gasteiger partial charge in [-0.25, -0.2) is 9.37 Å². The average Bonchev–Trinajstić information content (AvgIpc) is 2.99. The van der Waals surface area contributed by atoms with Gasteiger partial charge in [-0.1, -0.05) is 15.9 Å². The van der Waals surface area contributed by atoms with Crippen molar-refractivity contribution in [3.05, 3.63) is 63.3 Å². The van der Waals surface area contributed by atoms with Crippen LogP contribution in [-0.2, 0) is 0 Å². The lowest BCUT2D eigenvalue weighted by atomic mass is 10.2. The topological polar surface area (TPSA) is 51.2 Å². The van der Waals surface area contributed by atoms with Gasteiger partial charge in [-0.2, -0.15) is 0 Å². The van der Waals surface area contributed by atoms with Crippen molar-refractivity contribution >= 4 is 38.9 Å². The number of carbonyl (C=O) groups is 1. The van der Waals surface area contributed by atoms with Crippen LogP contribution in [-0.4, -0.2) is 18.0 Å². The Morgan fingerprint density at radius 3 is 2.60 bits per heavy atom. The molecular formula is C18H14BrFN2O2S. The first-order chi connectivity index (χ1) is 12.0. The minimum atomic E-state index is -0.500. The third kappa shape index (κ3) is 3.88. The Kier molecular flexibility index (Phi) is 5.15. The number of ether oxygens (including phenoxy) is 1. The SMILES string of the molecule is COc1ccc(-c2nc(C)c(C(=O)Nc3ccc(Br)cc3F)s2)cc1. The van der Waals surface area contributed by atoms with E-state index >= 15 is 0 Å². The molecular weight excluding hydrogens is 407 g/mol. The maximum Gasteiger partial charge on any atom is 0.267 e. The number of hydrogen-bond acceptors (Lipinski definition) is 4. The highest BCUT2D eigenvalue weighted by Crippen LogP contribution is 2.30. The Morgan fingerprint density at radius 1 is 1.24 bits per heavy atom. The second kappa shape index (κ2) is 7.33. The van der Waals surface area contributed by atoms with Gasteiger partial charge in [0.15, 0.2) is 0 Å². The molecule has 0 atom stereocenters. The van der Waals surface area contributed by atoms with E-state index in [1.165, 1.54) is 23.5 Å². The fraction of sp³-hybridized carbons (Fsp3) is 0.111. The van der Waals surface area contributed by atoms with Crippen molar-refractivity contribution in [3.8, 4) is 16.3 Å². The summed E-state index contributed by atoms with van der Waals surface area (Å²) in [5.74, 6) is -0.128. The predicted octanol–water partition coefficient (Wildman–Crippen LogP) is 5.28. The van der Waals surface area contributed by atoms with E-state index in [2.05, 4.69) is 26.2 Å². The Balaban J connectivity index is 1.84. The number of amides is 1. The van der Waals surface area contributed by atoms with E-state index in [0.29, 0.717) is 15.0 Å². The number of nitrogens with zero attached hydrogens (tertiary/aromatic N) is 1. The van der Waals surface area contributed by atoms with Crippen LogP contribution >= 0.6 is 27.3 Å². The Morgan fingerprint density at radius 2 is 1.96 bits per heavy atom. The van der Waals surface area contributed by atoms with Crippen LogP contribution in [0.2, 0.25) is 0 Å². The average molecular weight is 421 g/mol. The maximum atomic E-state index is 13.9. The van der Waals surface area contributed by atoms with Crippen molar-refractivity contribution in [3.63, 3.8) is 0 Å². The summed E-state index contributed by atoms with van der Waals surface area (Å²) in [4.78, 5) is 17.4. The highest BCUT2D eigenvalue weighted by Gasteiger charge is 2.17. The lowest BCUT2D eigenvalue weighted by molar-refractivity contribution is 0.102. The molecule has 7 heteroatoms. The Bertz CT molecular complexity index is 925. The second-order valence-electron chi connectivity index (χ2n) is 5.24. The molecule has 0 spiro atoms. The highest BCUT2D eigenvalue weighted by atomic mass is 79.9. The van der Waals surface area contributed by atoms with Crippen LogP contribution in [0.1, 0.15) is 15.4 Å². The van der Waals surface area contributed by atoms with Gasteiger partial charge in [-0.3, -0.25) is 4.79 Å². The second-order valence-corrected chi connectivity index (χ2v) is 7.16. The number of rotatable bonds is 4. The molecule has 25 heavy (non-hydrogen) atoms. The Labute approximate surface area is 156 Å². The van der Waals surface area contributed by atoms with Crippen molar-refractivity contribution in [1.82, 2.24) is 4.98 Å². The number of aryl methyl sites for hydroxylation is 1. The van der Waals surface area contributed by atoms with Gasteiger partial charge in [0.25, 0.3) is 5.91 Å². The summed E-state index contributed by atoms with van der Waals surface area (Å²) < 4.78 is 19.6. The number of carbonyl (C=O) groups excluding carboxylic acids is 1. The molecule has 3 aromatic rings. The molecule has 128 valence electrons. The van der Waals surface area contributed by atoms with Crippen molar-refractivity contribution in [1.29, 1.82) is 0 Å². The number of aromatic nitrogens is 1. The smallest absolute Gasteiger partial charge is 0.267 e. The van der Waals surface area contributed by atoms with Crippen molar-refractivity contribution in [2.75, 3.05) is 12.4 Å². The number of anilines is 1. The fourth-order valence-corrected chi connectivity index (χ4v) is 3.53. The van der Waals surface area contributed by atoms with Gasteiger partial charge in [0.2, 0.25) is 0 Å². The molecule has 0 radical (unpaired) electrons. The number of halogens is 2. The van der Waals surface area contributed by atoms with Gasteiger partial charge >= 0.3 is 0 Å². The molecule has 3 rings (SSSR count). The molecule has 2 aromatic carbocycles. The quantitative estimate of drug-likeness (QED) is 0.624. The largest absolute Gasteiger partial charge is 0.497 e. The summed E-state index contributed by atoms with van der Waals surface area (Å²) in [6.07, 6.45) is 0. The van der Waals surface area contributed by atoms with E-state index < -0.39 is 5.82 Å². The first-order valence-corrected chi connectivity index (χ1v) is 8.97. The van der Waals surface area contributed by atoms with Gasteiger partial charge in [0.1, 0.15) is 21.5 Å². The van der Waals surface area contributed by atoms with Crippen LogP contribution in [0.5, 0.6) is 5.75 Å². The van der Waals surface area contributed by atoms with E-state index in [1.807, 2.05) is 24.3 Å². The predicted molar refractivity (Wildman–Crippen MR) is 101 cm³/mol. The number of thiazole rings is 1. The lowest BCUT2D eigenvalue weighted by Crippen LogP contribution is -2.12. The summed E-state index contributed by atoms with van der Waals surface area (Å²) in [6.45, 7) is 1.76. The van der Waals surface area contributed by atoms with E-state index in [1.54, 1.807) is 20.1 Å². The molecule has 1 heterocycles. The van der Waals surface area contributed by atoms with Gasteiger partial charge in [0, 0.05) is 10.0 Å². The third-order valence-corrected chi connectivity index (χ3v) is 5.22. The molecule has 4 nitrogen and oxygen atoms in total. The Hall–Kier alpha value is -2.25. The molecule has 0 fully saturated rings. The zero-order valence-electron chi connectivity index (χ0n) is 13.5. The molecule has 1 N–H and O–H groups in total. The minimum Gasteiger partial charge on any atom is -0.497 e. The van der Waals surface area contributed by atoms with Crippen LogP contribution in [0.25, 0.3) is 10.6 Å². The molecule has 0 saturated carbocycles. The summed E-state index contributed by atoms with van der Waals surface area (Å²) in [7, 11) is 1.60. The van der Waals surface area contributed by atoms with E-state index in [4.69, 9.17) is 4.74 Å². The molecule has 1 amide bonds. The van der Waals surface area contributed by atoms with Crippen LogP contribution in [0.4, 0.5) is 10.1 Å². The van der Waals surface area contributed by atoms with Crippen LogP contribution < -0.4 is 10.1 Å².